The molecule has 0 spiro atoms. The number of anilines is 1. The zero-order chi connectivity index (χ0) is 10.8. The van der Waals surface area contributed by atoms with Gasteiger partial charge in [-0.3, -0.25) is 4.52 Å². The summed E-state index contributed by atoms with van der Waals surface area (Å²) in [5, 5.41) is 4.12. The van der Waals surface area contributed by atoms with Crippen molar-refractivity contribution in [1.82, 2.24) is 5.27 Å². The fourth-order valence-corrected chi connectivity index (χ4v) is 4.83. The van der Waals surface area contributed by atoms with Gasteiger partial charge in [0.25, 0.3) is 12.1 Å². The van der Waals surface area contributed by atoms with Gasteiger partial charge in [-0.05, 0) is 41.7 Å². The zero-order valence-electron chi connectivity index (χ0n) is 9.43. The van der Waals surface area contributed by atoms with E-state index in [0.29, 0.717) is 5.88 Å². The average molecular weight is 220 g/mol. The van der Waals surface area contributed by atoms with E-state index in [1.807, 2.05) is 10.9 Å². The first kappa shape index (κ1) is 9.02. The van der Waals surface area contributed by atoms with Crippen molar-refractivity contribution in [3.8, 4) is 0 Å². The smallest absolute Gasteiger partial charge is 0.293 e. The van der Waals surface area contributed by atoms with Gasteiger partial charge in [-0.25, -0.2) is 0 Å². The highest BCUT2D eigenvalue weighted by atomic mass is 16.5. The van der Waals surface area contributed by atoms with Gasteiger partial charge >= 0.3 is 0 Å². The maximum absolute atomic E-state index is 5.65. The van der Waals surface area contributed by atoms with Crippen molar-refractivity contribution in [2.24, 2.45) is 17.8 Å². The third-order valence-corrected chi connectivity index (χ3v) is 4.98. The van der Waals surface area contributed by atoms with E-state index < -0.39 is 0 Å². The molecule has 4 aliphatic rings. The van der Waals surface area contributed by atoms with Crippen LogP contribution < -0.4 is 10.4 Å². The first-order valence-corrected chi connectivity index (χ1v) is 6.38. The van der Waals surface area contributed by atoms with Crippen molar-refractivity contribution in [2.75, 3.05) is 5.73 Å². The molecule has 0 aromatic carbocycles. The molecule has 4 aliphatic carbocycles. The molecular formula is C12H18N3O+. The lowest BCUT2D eigenvalue weighted by Crippen LogP contribution is -2.65. The van der Waals surface area contributed by atoms with Gasteiger partial charge < -0.3 is 5.73 Å². The van der Waals surface area contributed by atoms with Crippen LogP contribution in [-0.2, 0) is 5.54 Å². The standard InChI is InChI=1S/C12H18N3O/c13-11-7-15(14-16-11)12-4-8-1-9(5-12)3-10(2-8)6-12/h7-10H,1-6,13H2/q+1. The molecule has 5 rings (SSSR count). The van der Waals surface area contributed by atoms with Crippen LogP contribution >= 0.6 is 0 Å². The molecule has 0 amide bonds. The number of nitrogens with zero attached hydrogens (tertiary/aromatic N) is 2. The van der Waals surface area contributed by atoms with Crippen LogP contribution in [0.25, 0.3) is 0 Å². The molecule has 16 heavy (non-hydrogen) atoms. The van der Waals surface area contributed by atoms with E-state index in [-0.39, 0.29) is 5.54 Å². The predicted molar refractivity (Wildman–Crippen MR) is 57.3 cm³/mol. The van der Waals surface area contributed by atoms with Gasteiger partial charge in [0.1, 0.15) is 0 Å². The summed E-state index contributed by atoms with van der Waals surface area (Å²) >= 11 is 0. The lowest BCUT2D eigenvalue weighted by molar-refractivity contribution is -0.832. The van der Waals surface area contributed by atoms with Crippen LogP contribution in [0.2, 0.25) is 0 Å². The van der Waals surface area contributed by atoms with E-state index in [1.54, 1.807) is 0 Å². The second-order valence-electron chi connectivity index (χ2n) is 6.19. The summed E-state index contributed by atoms with van der Waals surface area (Å²) in [6.07, 6.45) is 10.1. The van der Waals surface area contributed by atoms with Crippen LogP contribution in [0.3, 0.4) is 0 Å². The fourth-order valence-electron chi connectivity index (χ4n) is 4.83. The predicted octanol–water partition coefficient (Wildman–Crippen LogP) is 1.47. The van der Waals surface area contributed by atoms with Gasteiger partial charge in [0.05, 0.1) is 0 Å². The Morgan fingerprint density at radius 1 is 1.19 bits per heavy atom. The van der Waals surface area contributed by atoms with Crippen LogP contribution in [-0.4, -0.2) is 5.27 Å². The third-order valence-electron chi connectivity index (χ3n) is 4.98. The minimum absolute atomic E-state index is 0.246. The second kappa shape index (κ2) is 2.79. The largest absolute Gasteiger partial charge is 0.362 e. The molecule has 4 saturated carbocycles. The summed E-state index contributed by atoms with van der Waals surface area (Å²) in [6.45, 7) is 0. The topological polar surface area (TPSA) is 55.9 Å². The second-order valence-corrected chi connectivity index (χ2v) is 6.19. The molecule has 4 fully saturated rings. The van der Waals surface area contributed by atoms with Crippen molar-refractivity contribution < 1.29 is 9.20 Å². The molecule has 0 saturated heterocycles. The van der Waals surface area contributed by atoms with Gasteiger partial charge in [-0.2, -0.15) is 0 Å². The molecule has 4 nitrogen and oxygen atoms in total. The van der Waals surface area contributed by atoms with Crippen molar-refractivity contribution in [3.63, 3.8) is 0 Å². The summed E-state index contributed by atoms with van der Waals surface area (Å²) in [6, 6.07) is 0. The van der Waals surface area contributed by atoms with Crippen LogP contribution in [0, 0.1) is 17.8 Å². The number of aromatic nitrogens is 2. The summed E-state index contributed by atoms with van der Waals surface area (Å²) in [5.41, 5.74) is 5.89. The quantitative estimate of drug-likeness (QED) is 0.729. The molecule has 1 aromatic heterocycles. The SMILES string of the molecule is Nc1c[n+](C23CC4CC(CC(C4)C2)C3)no1. The Morgan fingerprint density at radius 3 is 2.19 bits per heavy atom. The van der Waals surface area contributed by atoms with Crippen molar-refractivity contribution in [1.29, 1.82) is 0 Å². The highest BCUT2D eigenvalue weighted by molar-refractivity contribution is 5.12. The lowest BCUT2D eigenvalue weighted by atomic mass is 9.53. The Bertz CT molecular complexity index is 390. The molecule has 0 atom stereocenters. The molecule has 0 radical (unpaired) electrons. The molecule has 1 heterocycles. The molecule has 86 valence electrons. The molecule has 2 N–H and O–H groups in total. The van der Waals surface area contributed by atoms with Crippen LogP contribution in [0.4, 0.5) is 5.88 Å². The molecular weight excluding hydrogens is 202 g/mol. The summed E-state index contributed by atoms with van der Waals surface area (Å²) < 4.78 is 7.08. The Hall–Kier alpha value is -1.06. The van der Waals surface area contributed by atoms with Crippen molar-refractivity contribution >= 4 is 5.88 Å². The van der Waals surface area contributed by atoms with E-state index >= 15 is 0 Å². The van der Waals surface area contributed by atoms with Gasteiger partial charge in [-0.15, -0.1) is 0 Å². The van der Waals surface area contributed by atoms with Gasteiger partial charge in [0.2, 0.25) is 5.27 Å². The maximum atomic E-state index is 5.65. The Kier molecular flexibility index (Phi) is 1.57. The van der Waals surface area contributed by atoms with Crippen molar-refractivity contribution in [3.05, 3.63) is 6.20 Å². The van der Waals surface area contributed by atoms with E-state index in [4.69, 9.17) is 10.3 Å². The minimum Gasteiger partial charge on any atom is -0.362 e. The lowest BCUT2D eigenvalue weighted by Gasteiger charge is -2.51. The highest BCUT2D eigenvalue weighted by Crippen LogP contribution is 2.56. The average Bonchev–Trinajstić information content (AvgIpc) is 2.63. The summed E-state index contributed by atoms with van der Waals surface area (Å²) in [5.74, 6) is 3.22. The number of hydrogen-bond donors (Lipinski definition) is 1. The molecule has 0 unspecified atom stereocenters. The Morgan fingerprint density at radius 2 is 1.75 bits per heavy atom. The monoisotopic (exact) mass is 220 g/mol. The molecule has 4 bridgehead atoms. The van der Waals surface area contributed by atoms with Gasteiger partial charge in [0, 0.05) is 19.3 Å². The summed E-state index contributed by atoms with van der Waals surface area (Å²) in [4.78, 5) is 0. The number of nitrogen functional groups attached to an aromatic ring is 1. The Labute approximate surface area is 94.8 Å². The maximum Gasteiger partial charge on any atom is 0.293 e. The normalized spacial score (nSPS) is 45.1. The van der Waals surface area contributed by atoms with E-state index in [1.165, 1.54) is 38.5 Å². The third kappa shape index (κ3) is 1.10. The van der Waals surface area contributed by atoms with Crippen molar-refractivity contribution in [2.45, 2.75) is 44.1 Å². The van der Waals surface area contributed by atoms with Crippen LogP contribution in [0.1, 0.15) is 38.5 Å². The van der Waals surface area contributed by atoms with Crippen LogP contribution in [0.15, 0.2) is 10.7 Å². The first-order chi connectivity index (χ1) is 7.73. The van der Waals surface area contributed by atoms with Gasteiger partial charge in [-0.1, -0.05) is 0 Å². The Balaban J connectivity index is 1.76. The molecule has 1 aromatic rings. The van der Waals surface area contributed by atoms with Crippen LogP contribution in [0.5, 0.6) is 0 Å². The number of rotatable bonds is 1. The fraction of sp³-hybridized carbons (Fsp3) is 0.833. The van der Waals surface area contributed by atoms with E-state index in [2.05, 4.69) is 5.27 Å². The first-order valence-electron chi connectivity index (χ1n) is 6.38. The number of hydrogen-bond acceptors (Lipinski definition) is 3. The van der Waals surface area contributed by atoms with E-state index in [9.17, 15) is 0 Å². The van der Waals surface area contributed by atoms with Gasteiger partial charge in [0.15, 0.2) is 5.54 Å². The minimum atomic E-state index is 0.246. The summed E-state index contributed by atoms with van der Waals surface area (Å²) in [7, 11) is 0. The molecule has 0 aliphatic heterocycles. The zero-order valence-corrected chi connectivity index (χ0v) is 9.43. The van der Waals surface area contributed by atoms with E-state index in [0.717, 1.165) is 17.8 Å². The number of nitrogens with two attached hydrogens (primary N) is 1. The molecule has 4 heteroatoms. The highest BCUT2D eigenvalue weighted by Gasteiger charge is 2.58.